The Kier molecular flexibility index (Phi) is 2.76. The number of fused-ring (bicyclic) bond motifs is 1. The fraction of sp³-hybridized carbons (Fsp3) is 0.267. The van der Waals surface area contributed by atoms with Crippen molar-refractivity contribution < 1.29 is 0 Å². The Labute approximate surface area is 107 Å². The summed E-state index contributed by atoms with van der Waals surface area (Å²) in [5.41, 5.74) is 9.59. The smallest absolute Gasteiger partial charge is 0.132 e. The monoisotopic (exact) mass is 239 g/mol. The molecule has 1 atom stereocenters. The first-order valence-electron chi connectivity index (χ1n) is 6.32. The van der Waals surface area contributed by atoms with Crippen molar-refractivity contribution in [3.05, 3.63) is 53.7 Å². The van der Waals surface area contributed by atoms with E-state index in [9.17, 15) is 0 Å². The van der Waals surface area contributed by atoms with Crippen LogP contribution in [0.2, 0.25) is 0 Å². The van der Waals surface area contributed by atoms with Gasteiger partial charge in [-0.2, -0.15) is 0 Å². The highest BCUT2D eigenvalue weighted by Crippen LogP contribution is 2.33. The second-order valence-electron chi connectivity index (χ2n) is 4.77. The van der Waals surface area contributed by atoms with Gasteiger partial charge in [-0.1, -0.05) is 24.3 Å². The van der Waals surface area contributed by atoms with Crippen molar-refractivity contribution in [3.8, 4) is 0 Å². The lowest BCUT2D eigenvalue weighted by Gasteiger charge is -2.18. The van der Waals surface area contributed by atoms with E-state index in [1.807, 2.05) is 13.1 Å². The van der Waals surface area contributed by atoms with Crippen molar-refractivity contribution in [1.82, 2.24) is 4.98 Å². The number of pyridine rings is 1. The quantitative estimate of drug-likeness (QED) is 0.876. The zero-order chi connectivity index (χ0) is 12.5. The van der Waals surface area contributed by atoms with E-state index in [1.54, 1.807) is 0 Å². The Morgan fingerprint density at radius 3 is 2.78 bits per heavy atom. The van der Waals surface area contributed by atoms with Crippen molar-refractivity contribution in [3.63, 3.8) is 0 Å². The molecule has 0 amide bonds. The molecule has 0 spiro atoms. The predicted molar refractivity (Wildman–Crippen MR) is 74.0 cm³/mol. The summed E-state index contributed by atoms with van der Waals surface area (Å²) in [6.07, 6.45) is 2.97. The molecule has 0 radical (unpaired) electrons. The third-order valence-corrected chi connectivity index (χ3v) is 3.46. The largest absolute Gasteiger partial charge is 0.326 e. The van der Waals surface area contributed by atoms with E-state index < -0.39 is 0 Å². The normalized spacial score (nSPS) is 15.6. The average Bonchev–Trinajstić information content (AvgIpc) is 2.82. The van der Waals surface area contributed by atoms with E-state index in [0.29, 0.717) is 0 Å². The maximum absolute atomic E-state index is 5.84. The van der Waals surface area contributed by atoms with Crippen LogP contribution in [0.1, 0.15) is 24.1 Å². The van der Waals surface area contributed by atoms with Crippen LogP contribution in [0.15, 0.2) is 42.6 Å². The molecule has 2 aromatic rings. The molecule has 3 rings (SSSR count). The number of benzene rings is 1. The van der Waals surface area contributed by atoms with Crippen LogP contribution in [0.3, 0.4) is 0 Å². The second kappa shape index (κ2) is 4.42. The number of para-hydroxylation sites is 1. The van der Waals surface area contributed by atoms with Crippen LogP contribution in [0.25, 0.3) is 0 Å². The fourth-order valence-corrected chi connectivity index (χ4v) is 2.40. The van der Waals surface area contributed by atoms with Gasteiger partial charge in [0.1, 0.15) is 5.82 Å². The van der Waals surface area contributed by atoms with E-state index in [-0.39, 0.29) is 6.04 Å². The fourth-order valence-electron chi connectivity index (χ4n) is 2.40. The highest BCUT2D eigenvalue weighted by atomic mass is 15.2. The molecule has 0 fully saturated rings. The first kappa shape index (κ1) is 11.2. The summed E-state index contributed by atoms with van der Waals surface area (Å²) in [6.45, 7) is 2.98. The average molecular weight is 239 g/mol. The standard InChI is InChI=1S/C15H17N3/c1-11(16)13-6-7-15(17-10-13)18-9-8-12-4-2-3-5-14(12)18/h2-7,10-11H,8-9,16H2,1H3/t11-/m1/s1. The third kappa shape index (κ3) is 1.87. The number of nitrogens with two attached hydrogens (primary N) is 1. The van der Waals surface area contributed by atoms with Crippen LogP contribution in [0.5, 0.6) is 0 Å². The number of nitrogens with zero attached hydrogens (tertiary/aromatic N) is 2. The summed E-state index contributed by atoms with van der Waals surface area (Å²) in [7, 11) is 0. The van der Waals surface area contributed by atoms with E-state index in [0.717, 1.165) is 24.3 Å². The van der Waals surface area contributed by atoms with Gasteiger partial charge >= 0.3 is 0 Å². The van der Waals surface area contributed by atoms with E-state index in [4.69, 9.17) is 5.73 Å². The van der Waals surface area contributed by atoms with Crippen LogP contribution in [-0.4, -0.2) is 11.5 Å². The van der Waals surface area contributed by atoms with Crippen molar-refractivity contribution in [2.24, 2.45) is 5.73 Å². The number of rotatable bonds is 2. The Morgan fingerprint density at radius 2 is 2.06 bits per heavy atom. The number of hydrogen-bond acceptors (Lipinski definition) is 3. The molecule has 0 saturated carbocycles. The molecule has 3 nitrogen and oxygen atoms in total. The van der Waals surface area contributed by atoms with Gasteiger partial charge in [-0.25, -0.2) is 4.98 Å². The first-order valence-corrected chi connectivity index (χ1v) is 6.32. The van der Waals surface area contributed by atoms with E-state index in [1.165, 1.54) is 11.3 Å². The Morgan fingerprint density at radius 1 is 1.22 bits per heavy atom. The molecule has 2 heterocycles. The maximum atomic E-state index is 5.84. The van der Waals surface area contributed by atoms with Gasteiger partial charge in [0.15, 0.2) is 0 Å². The van der Waals surface area contributed by atoms with E-state index in [2.05, 4.69) is 46.3 Å². The molecule has 0 bridgehead atoms. The highest BCUT2D eigenvalue weighted by molar-refractivity contribution is 5.67. The maximum Gasteiger partial charge on any atom is 0.132 e. The van der Waals surface area contributed by atoms with Crippen LogP contribution in [0.4, 0.5) is 11.5 Å². The van der Waals surface area contributed by atoms with Crippen LogP contribution in [-0.2, 0) is 6.42 Å². The zero-order valence-electron chi connectivity index (χ0n) is 10.5. The zero-order valence-corrected chi connectivity index (χ0v) is 10.5. The number of hydrogen-bond donors (Lipinski definition) is 1. The molecule has 92 valence electrons. The molecular formula is C15H17N3. The summed E-state index contributed by atoms with van der Waals surface area (Å²) in [6, 6.07) is 12.7. The lowest BCUT2D eigenvalue weighted by atomic mass is 10.1. The van der Waals surface area contributed by atoms with Crippen LogP contribution < -0.4 is 10.6 Å². The molecule has 18 heavy (non-hydrogen) atoms. The SMILES string of the molecule is C[C@@H](N)c1ccc(N2CCc3ccccc32)nc1. The van der Waals surface area contributed by atoms with Crippen molar-refractivity contribution in [1.29, 1.82) is 0 Å². The molecule has 3 heteroatoms. The molecule has 1 aromatic carbocycles. The summed E-state index contributed by atoms with van der Waals surface area (Å²) < 4.78 is 0. The second-order valence-corrected chi connectivity index (χ2v) is 4.77. The molecule has 1 aliphatic heterocycles. The van der Waals surface area contributed by atoms with Crippen molar-refractivity contribution in [2.75, 3.05) is 11.4 Å². The summed E-state index contributed by atoms with van der Waals surface area (Å²) in [5.74, 6) is 1.00. The van der Waals surface area contributed by atoms with Crippen molar-refractivity contribution in [2.45, 2.75) is 19.4 Å². The minimum atomic E-state index is 0.0393. The number of aromatic nitrogens is 1. The van der Waals surface area contributed by atoms with Gasteiger partial charge in [-0.3, -0.25) is 0 Å². The molecule has 1 aromatic heterocycles. The highest BCUT2D eigenvalue weighted by Gasteiger charge is 2.20. The lowest BCUT2D eigenvalue weighted by Crippen LogP contribution is -2.15. The van der Waals surface area contributed by atoms with Gasteiger partial charge in [0, 0.05) is 24.5 Å². The molecule has 0 saturated heterocycles. The number of anilines is 2. The van der Waals surface area contributed by atoms with Gasteiger partial charge in [0.25, 0.3) is 0 Å². The van der Waals surface area contributed by atoms with Gasteiger partial charge in [0.2, 0.25) is 0 Å². The minimum Gasteiger partial charge on any atom is -0.326 e. The molecule has 1 aliphatic rings. The van der Waals surface area contributed by atoms with Gasteiger partial charge < -0.3 is 10.6 Å². The van der Waals surface area contributed by atoms with Gasteiger partial charge in [0.05, 0.1) is 0 Å². The minimum absolute atomic E-state index is 0.0393. The lowest BCUT2D eigenvalue weighted by molar-refractivity contribution is 0.810. The van der Waals surface area contributed by atoms with E-state index >= 15 is 0 Å². The molecule has 2 N–H and O–H groups in total. The predicted octanol–water partition coefficient (Wildman–Crippen LogP) is 2.80. The first-order chi connectivity index (χ1) is 8.75. The van der Waals surface area contributed by atoms with Crippen LogP contribution in [0, 0.1) is 0 Å². The van der Waals surface area contributed by atoms with Gasteiger partial charge in [-0.05, 0) is 36.6 Å². The van der Waals surface area contributed by atoms with Crippen molar-refractivity contribution >= 4 is 11.5 Å². The topological polar surface area (TPSA) is 42.1 Å². The summed E-state index contributed by atoms with van der Waals surface area (Å²) in [4.78, 5) is 6.79. The Balaban J connectivity index is 1.93. The van der Waals surface area contributed by atoms with Gasteiger partial charge in [-0.15, -0.1) is 0 Å². The summed E-state index contributed by atoms with van der Waals surface area (Å²) in [5, 5.41) is 0. The van der Waals surface area contributed by atoms with Crippen LogP contribution >= 0.6 is 0 Å². The molecule has 0 aliphatic carbocycles. The summed E-state index contributed by atoms with van der Waals surface area (Å²) >= 11 is 0. The third-order valence-electron chi connectivity index (χ3n) is 3.46. The molecular weight excluding hydrogens is 222 g/mol. The Hall–Kier alpha value is -1.87. The molecule has 0 unspecified atom stereocenters. The Bertz CT molecular complexity index is 546.